The van der Waals surface area contributed by atoms with Gasteiger partial charge in [-0.1, -0.05) is 85.5 Å². The summed E-state index contributed by atoms with van der Waals surface area (Å²) in [5.41, 5.74) is -0.251. The number of nitrogens with one attached hydrogen (secondary N) is 1. The first-order valence-electron chi connectivity index (χ1n) is 8.96. The lowest BCUT2D eigenvalue weighted by Crippen LogP contribution is -2.35. The Hall–Kier alpha value is -0.660. The van der Waals surface area contributed by atoms with Gasteiger partial charge >= 0.3 is 10.4 Å². The van der Waals surface area contributed by atoms with Crippen LogP contribution in [0.1, 0.15) is 91.9 Å². The summed E-state index contributed by atoms with van der Waals surface area (Å²) in [5, 5.41) is 3.01. The summed E-state index contributed by atoms with van der Waals surface area (Å²) >= 11 is 0. The van der Waals surface area contributed by atoms with Gasteiger partial charge in [0.25, 0.3) is 0 Å². The Kier molecular flexibility index (Phi) is 15.6. The molecule has 146 valence electrons. The fraction of sp³-hybridized carbons (Fsp3) is 0.941. The average Bonchev–Trinajstić information content (AvgIpc) is 2.41. The van der Waals surface area contributed by atoms with Gasteiger partial charge in [-0.2, -0.15) is 8.42 Å². The van der Waals surface area contributed by atoms with Gasteiger partial charge in [0.1, 0.15) is 0 Å². The maximum absolute atomic E-state index is 11.6. The van der Waals surface area contributed by atoms with E-state index in [0.717, 1.165) is 13.0 Å². The second kappa shape index (κ2) is 14.7. The Bertz CT molecular complexity index is 394. The molecule has 3 N–H and O–H groups in total. The number of rotatable bonds is 11. The predicted octanol–water partition coefficient (Wildman–Crippen LogP) is 4.42. The van der Waals surface area contributed by atoms with Gasteiger partial charge in [0, 0.05) is 12.0 Å². The zero-order valence-electron chi connectivity index (χ0n) is 15.8. The summed E-state index contributed by atoms with van der Waals surface area (Å²) in [4.78, 5) is 11.6. The zero-order chi connectivity index (χ0) is 19.1. The number of carbonyl (C=O) groups excluding carboxylic acids is 1. The van der Waals surface area contributed by atoms with Crippen LogP contribution in [0.2, 0.25) is 0 Å². The van der Waals surface area contributed by atoms with E-state index in [1.165, 1.54) is 57.8 Å². The minimum Gasteiger partial charge on any atom is -0.356 e. The minimum absolute atomic E-state index is 0.170. The van der Waals surface area contributed by atoms with Crippen LogP contribution >= 0.6 is 0 Å². The molecule has 7 heteroatoms. The Morgan fingerprint density at radius 1 is 0.833 bits per heavy atom. The first kappa shape index (κ1) is 25.6. The number of hydrogen-bond donors (Lipinski definition) is 3. The minimum atomic E-state index is -4.67. The smallest absolute Gasteiger partial charge is 0.356 e. The Labute approximate surface area is 148 Å². The lowest BCUT2D eigenvalue weighted by atomic mass is 9.96. The number of amides is 1. The van der Waals surface area contributed by atoms with E-state index in [4.69, 9.17) is 17.5 Å². The van der Waals surface area contributed by atoms with Gasteiger partial charge in [-0.15, -0.1) is 0 Å². The fourth-order valence-corrected chi connectivity index (χ4v) is 2.08. The molecular formula is C17H37NO5S. The second-order valence-corrected chi connectivity index (χ2v) is 8.03. The van der Waals surface area contributed by atoms with Crippen LogP contribution in [0.5, 0.6) is 0 Å². The molecule has 0 saturated carbocycles. The van der Waals surface area contributed by atoms with Crippen LogP contribution < -0.4 is 5.32 Å². The molecule has 0 aromatic heterocycles. The molecule has 0 atom stereocenters. The Balaban J connectivity index is 0. The molecule has 0 aromatic carbocycles. The van der Waals surface area contributed by atoms with E-state index in [1.807, 2.05) is 20.8 Å². The van der Waals surface area contributed by atoms with Gasteiger partial charge in [-0.25, -0.2) is 0 Å². The third-order valence-electron chi connectivity index (χ3n) is 3.50. The monoisotopic (exact) mass is 367 g/mol. The van der Waals surface area contributed by atoms with E-state index in [-0.39, 0.29) is 11.3 Å². The van der Waals surface area contributed by atoms with Crippen molar-refractivity contribution in [1.82, 2.24) is 5.32 Å². The number of hydrogen-bond acceptors (Lipinski definition) is 3. The summed E-state index contributed by atoms with van der Waals surface area (Å²) in [7, 11) is -4.67. The molecule has 0 radical (unpaired) electrons. The van der Waals surface area contributed by atoms with Crippen molar-refractivity contribution in [3.63, 3.8) is 0 Å². The lowest BCUT2D eigenvalue weighted by Gasteiger charge is -2.17. The summed E-state index contributed by atoms with van der Waals surface area (Å²) in [6.07, 6.45) is 13.4. The molecule has 6 nitrogen and oxygen atoms in total. The molecule has 0 aromatic rings. The molecule has 0 rings (SSSR count). The first-order valence-corrected chi connectivity index (χ1v) is 10.4. The van der Waals surface area contributed by atoms with Gasteiger partial charge in [-0.3, -0.25) is 13.9 Å². The van der Waals surface area contributed by atoms with Crippen molar-refractivity contribution in [3.05, 3.63) is 0 Å². The molecule has 1 amide bonds. The molecule has 24 heavy (non-hydrogen) atoms. The van der Waals surface area contributed by atoms with E-state index in [1.54, 1.807) is 0 Å². The van der Waals surface area contributed by atoms with Gasteiger partial charge in [0.05, 0.1) is 0 Å². The standard InChI is InChI=1S/C17H35NO.H2O4S/c1-5-6-7-8-9-10-11-12-13-14-15-18-16(19)17(2,3)4;1-5(2,3)4/h5-15H2,1-4H3,(H,18,19);(H2,1,2,3,4). The van der Waals surface area contributed by atoms with Gasteiger partial charge in [-0.05, 0) is 6.42 Å². The average molecular weight is 368 g/mol. The van der Waals surface area contributed by atoms with Crippen molar-refractivity contribution in [3.8, 4) is 0 Å². The van der Waals surface area contributed by atoms with Crippen LogP contribution in [0, 0.1) is 5.41 Å². The van der Waals surface area contributed by atoms with Crippen molar-refractivity contribution in [2.24, 2.45) is 5.41 Å². The quantitative estimate of drug-likeness (QED) is 0.370. The number of unbranched alkanes of at least 4 members (excludes halogenated alkanes) is 9. The highest BCUT2D eigenvalue weighted by molar-refractivity contribution is 7.79. The van der Waals surface area contributed by atoms with Crippen molar-refractivity contribution in [1.29, 1.82) is 0 Å². The molecular weight excluding hydrogens is 330 g/mol. The summed E-state index contributed by atoms with van der Waals surface area (Å²) in [6, 6.07) is 0. The van der Waals surface area contributed by atoms with E-state index < -0.39 is 10.4 Å². The van der Waals surface area contributed by atoms with Crippen LogP contribution in [-0.4, -0.2) is 30.0 Å². The summed E-state index contributed by atoms with van der Waals surface area (Å²) < 4.78 is 31.6. The van der Waals surface area contributed by atoms with E-state index >= 15 is 0 Å². The van der Waals surface area contributed by atoms with Crippen LogP contribution in [-0.2, 0) is 15.2 Å². The van der Waals surface area contributed by atoms with Crippen LogP contribution in [0.15, 0.2) is 0 Å². The third kappa shape index (κ3) is 26.2. The molecule has 0 heterocycles. The molecule has 0 saturated heterocycles. The van der Waals surface area contributed by atoms with E-state index in [0.29, 0.717) is 0 Å². The highest BCUT2D eigenvalue weighted by Crippen LogP contribution is 2.13. The maximum atomic E-state index is 11.6. The maximum Gasteiger partial charge on any atom is 0.394 e. The molecule has 0 aliphatic heterocycles. The molecule has 0 bridgehead atoms. The molecule has 0 fully saturated rings. The van der Waals surface area contributed by atoms with Crippen molar-refractivity contribution >= 4 is 16.3 Å². The number of carbonyl (C=O) groups is 1. The molecule has 0 unspecified atom stereocenters. The summed E-state index contributed by atoms with van der Waals surface area (Å²) in [6.45, 7) is 8.98. The molecule has 0 spiro atoms. The highest BCUT2D eigenvalue weighted by atomic mass is 32.3. The molecule has 0 aliphatic carbocycles. The zero-order valence-corrected chi connectivity index (χ0v) is 16.6. The highest BCUT2D eigenvalue weighted by Gasteiger charge is 2.19. The van der Waals surface area contributed by atoms with Crippen molar-refractivity contribution < 1.29 is 22.3 Å². The van der Waals surface area contributed by atoms with Crippen molar-refractivity contribution in [2.45, 2.75) is 91.9 Å². The SMILES string of the molecule is CCCCCCCCCCCCNC(=O)C(C)(C)C.O=S(=O)(O)O. The van der Waals surface area contributed by atoms with Crippen LogP contribution in [0.4, 0.5) is 0 Å². The summed E-state index contributed by atoms with van der Waals surface area (Å²) in [5.74, 6) is 0.170. The third-order valence-corrected chi connectivity index (χ3v) is 3.50. The van der Waals surface area contributed by atoms with Crippen molar-refractivity contribution in [2.75, 3.05) is 6.54 Å². The van der Waals surface area contributed by atoms with Crippen LogP contribution in [0.3, 0.4) is 0 Å². The van der Waals surface area contributed by atoms with Gasteiger partial charge in [0.15, 0.2) is 0 Å². The molecule has 0 aliphatic rings. The Morgan fingerprint density at radius 2 is 1.17 bits per heavy atom. The Morgan fingerprint density at radius 3 is 1.50 bits per heavy atom. The largest absolute Gasteiger partial charge is 0.394 e. The van der Waals surface area contributed by atoms with Crippen LogP contribution in [0.25, 0.3) is 0 Å². The first-order chi connectivity index (χ1) is 11.0. The fourth-order valence-electron chi connectivity index (χ4n) is 2.08. The topological polar surface area (TPSA) is 104 Å². The van der Waals surface area contributed by atoms with E-state index in [2.05, 4.69) is 12.2 Å². The predicted molar refractivity (Wildman–Crippen MR) is 98.5 cm³/mol. The lowest BCUT2D eigenvalue weighted by molar-refractivity contribution is -0.128. The normalized spacial score (nSPS) is 11.6. The van der Waals surface area contributed by atoms with E-state index in [9.17, 15) is 4.79 Å². The second-order valence-electron chi connectivity index (χ2n) is 7.14. The van der Waals surface area contributed by atoms with Gasteiger partial charge in [0.2, 0.25) is 5.91 Å². The van der Waals surface area contributed by atoms with Gasteiger partial charge < -0.3 is 5.32 Å².